The van der Waals surface area contributed by atoms with E-state index in [0.29, 0.717) is 50.1 Å². The Morgan fingerprint density at radius 1 is 1.36 bits per heavy atom. The quantitative estimate of drug-likeness (QED) is 0.735. The van der Waals surface area contributed by atoms with E-state index in [-0.39, 0.29) is 11.0 Å². The van der Waals surface area contributed by atoms with Crippen molar-refractivity contribution in [2.75, 3.05) is 13.2 Å². The molecule has 2 aromatic rings. The van der Waals surface area contributed by atoms with E-state index in [2.05, 4.69) is 27.0 Å². The molecular weight excluding hydrogens is 386 g/mol. The van der Waals surface area contributed by atoms with Crippen LogP contribution >= 0.6 is 15.9 Å². The second-order valence-electron chi connectivity index (χ2n) is 6.11. The van der Waals surface area contributed by atoms with E-state index in [1.54, 1.807) is 29.1 Å². The minimum absolute atomic E-state index is 0.0577. The van der Waals surface area contributed by atoms with Gasteiger partial charge in [-0.15, -0.1) is 0 Å². The smallest absolute Gasteiger partial charge is 0.201 e. The monoisotopic (exact) mass is 401 g/mol. The first-order chi connectivity index (χ1) is 12.1. The van der Waals surface area contributed by atoms with Crippen LogP contribution in [0.2, 0.25) is 0 Å². The number of nitrogens with zero attached hydrogens (tertiary/aromatic N) is 3. The van der Waals surface area contributed by atoms with Gasteiger partial charge in [0.25, 0.3) is 0 Å². The van der Waals surface area contributed by atoms with Crippen molar-refractivity contribution < 1.29 is 9.53 Å². The number of rotatable bonds is 4. The van der Waals surface area contributed by atoms with Crippen molar-refractivity contribution in [2.24, 2.45) is 5.41 Å². The fourth-order valence-electron chi connectivity index (χ4n) is 2.96. The number of hydrogen-bond donors (Lipinski definition) is 0. The topological polar surface area (TPSA) is 85.0 Å². The van der Waals surface area contributed by atoms with Crippen molar-refractivity contribution in [2.45, 2.75) is 19.4 Å². The number of carbonyl (C=O) groups excluding carboxylic acids is 1. The van der Waals surface area contributed by atoms with Gasteiger partial charge in [0, 0.05) is 42.8 Å². The lowest BCUT2D eigenvalue weighted by molar-refractivity contribution is 0.0332. The summed E-state index contributed by atoms with van der Waals surface area (Å²) in [6.45, 7) is 1.47. The Hall–Kier alpha value is -2.30. The zero-order valence-corrected chi connectivity index (χ0v) is 15.0. The van der Waals surface area contributed by atoms with E-state index < -0.39 is 5.41 Å². The Bertz CT molecular complexity index is 878. The van der Waals surface area contributed by atoms with E-state index in [0.717, 1.165) is 4.47 Å². The van der Waals surface area contributed by atoms with Gasteiger partial charge in [0.2, 0.25) is 5.43 Å². The first-order valence-corrected chi connectivity index (χ1v) is 8.66. The van der Waals surface area contributed by atoms with Crippen LogP contribution in [0, 0.1) is 16.7 Å². The molecule has 0 radical (unpaired) electrons. The highest BCUT2D eigenvalue weighted by molar-refractivity contribution is 9.10. The SMILES string of the molecule is N#CC1(Cn2cc(C=O)c(=O)c(-c3ccc(Br)cn3)c2)CCOCC1. The Morgan fingerprint density at radius 3 is 2.72 bits per heavy atom. The highest BCUT2D eigenvalue weighted by Gasteiger charge is 2.33. The van der Waals surface area contributed by atoms with Crippen LogP contribution in [0.25, 0.3) is 11.3 Å². The lowest BCUT2D eigenvalue weighted by Gasteiger charge is -2.31. The lowest BCUT2D eigenvalue weighted by Crippen LogP contribution is -2.33. The molecule has 1 saturated heterocycles. The Labute approximate surface area is 153 Å². The number of ether oxygens (including phenoxy) is 1. The number of pyridine rings is 2. The molecule has 0 amide bonds. The largest absolute Gasteiger partial charge is 0.381 e. The summed E-state index contributed by atoms with van der Waals surface area (Å²) in [6.07, 6.45) is 6.56. The Kier molecular flexibility index (Phi) is 5.11. The van der Waals surface area contributed by atoms with Crippen LogP contribution < -0.4 is 5.43 Å². The van der Waals surface area contributed by atoms with E-state index in [1.807, 2.05) is 0 Å². The zero-order chi connectivity index (χ0) is 17.9. The Balaban J connectivity index is 2.04. The highest BCUT2D eigenvalue weighted by Crippen LogP contribution is 2.32. The molecule has 0 aliphatic carbocycles. The molecule has 25 heavy (non-hydrogen) atoms. The van der Waals surface area contributed by atoms with Gasteiger partial charge in [0.15, 0.2) is 6.29 Å². The molecule has 3 rings (SSSR count). The molecule has 0 unspecified atom stereocenters. The third kappa shape index (κ3) is 3.70. The van der Waals surface area contributed by atoms with Crippen LogP contribution in [0.1, 0.15) is 23.2 Å². The molecule has 1 fully saturated rings. The Morgan fingerprint density at radius 2 is 2.12 bits per heavy atom. The van der Waals surface area contributed by atoms with Crippen molar-refractivity contribution in [1.29, 1.82) is 5.26 Å². The maximum Gasteiger partial charge on any atom is 0.201 e. The van der Waals surface area contributed by atoms with E-state index in [9.17, 15) is 14.9 Å². The van der Waals surface area contributed by atoms with Gasteiger partial charge in [-0.3, -0.25) is 14.6 Å². The van der Waals surface area contributed by atoms with Gasteiger partial charge in [0.05, 0.1) is 28.3 Å². The van der Waals surface area contributed by atoms with Crippen LogP contribution in [0.3, 0.4) is 0 Å². The number of nitriles is 1. The number of carbonyl (C=O) groups is 1. The zero-order valence-electron chi connectivity index (χ0n) is 13.4. The molecule has 3 heterocycles. The number of hydrogen-bond acceptors (Lipinski definition) is 5. The molecule has 0 aromatic carbocycles. The molecule has 0 atom stereocenters. The molecule has 6 nitrogen and oxygen atoms in total. The molecular formula is C18H16BrN3O3. The highest BCUT2D eigenvalue weighted by atomic mass is 79.9. The molecule has 7 heteroatoms. The molecule has 0 bridgehead atoms. The fourth-order valence-corrected chi connectivity index (χ4v) is 3.20. The van der Waals surface area contributed by atoms with Gasteiger partial charge < -0.3 is 9.30 Å². The molecule has 1 aliphatic heterocycles. The van der Waals surface area contributed by atoms with Crippen LogP contribution in [0.5, 0.6) is 0 Å². The number of halogens is 1. The summed E-state index contributed by atoms with van der Waals surface area (Å²) in [7, 11) is 0. The molecule has 2 aromatic heterocycles. The van der Waals surface area contributed by atoms with E-state index >= 15 is 0 Å². The second kappa shape index (κ2) is 7.30. The maximum atomic E-state index is 12.5. The normalized spacial score (nSPS) is 16.2. The van der Waals surface area contributed by atoms with Crippen LogP contribution in [-0.2, 0) is 11.3 Å². The summed E-state index contributed by atoms with van der Waals surface area (Å²) < 4.78 is 7.90. The summed E-state index contributed by atoms with van der Waals surface area (Å²) >= 11 is 3.31. The van der Waals surface area contributed by atoms with Crippen LogP contribution in [0.15, 0.2) is 40.0 Å². The van der Waals surface area contributed by atoms with E-state index in [4.69, 9.17) is 4.74 Å². The van der Waals surface area contributed by atoms with Crippen LogP contribution in [0.4, 0.5) is 0 Å². The molecule has 0 spiro atoms. The number of aromatic nitrogens is 2. The second-order valence-corrected chi connectivity index (χ2v) is 7.03. The van der Waals surface area contributed by atoms with Crippen molar-refractivity contribution in [3.05, 3.63) is 51.0 Å². The lowest BCUT2D eigenvalue weighted by atomic mass is 9.81. The van der Waals surface area contributed by atoms with Gasteiger partial charge in [-0.25, -0.2) is 0 Å². The molecule has 128 valence electrons. The first-order valence-electron chi connectivity index (χ1n) is 7.87. The standard InChI is InChI=1S/C18H16BrN3O3/c19-14-1-2-16(21-7-14)15-9-22(8-13(10-23)17(15)24)12-18(11-20)3-5-25-6-4-18/h1-2,7-10H,3-6,12H2. The summed E-state index contributed by atoms with van der Waals surface area (Å²) in [5.41, 5.74) is -0.0277. The summed E-state index contributed by atoms with van der Waals surface area (Å²) in [4.78, 5) is 28.1. The maximum absolute atomic E-state index is 12.5. The van der Waals surface area contributed by atoms with Gasteiger partial charge in [-0.1, -0.05) is 0 Å². The minimum Gasteiger partial charge on any atom is -0.381 e. The average molecular weight is 402 g/mol. The molecule has 1 aliphatic rings. The molecule has 0 N–H and O–H groups in total. The van der Waals surface area contributed by atoms with Crippen LogP contribution in [-0.4, -0.2) is 29.1 Å². The van der Waals surface area contributed by atoms with Crippen molar-refractivity contribution in [1.82, 2.24) is 9.55 Å². The average Bonchev–Trinajstić information content (AvgIpc) is 2.64. The van der Waals surface area contributed by atoms with Gasteiger partial charge >= 0.3 is 0 Å². The summed E-state index contributed by atoms with van der Waals surface area (Å²) in [6, 6.07) is 5.90. The van der Waals surface area contributed by atoms with Crippen molar-refractivity contribution in [3.8, 4) is 17.3 Å². The minimum atomic E-state index is -0.558. The van der Waals surface area contributed by atoms with Crippen molar-refractivity contribution >= 4 is 22.2 Å². The first kappa shape index (κ1) is 17.5. The number of aldehydes is 1. The van der Waals surface area contributed by atoms with Gasteiger partial charge in [-0.05, 0) is 40.9 Å². The van der Waals surface area contributed by atoms with Crippen molar-refractivity contribution in [3.63, 3.8) is 0 Å². The predicted molar refractivity (Wildman–Crippen MR) is 95.1 cm³/mol. The van der Waals surface area contributed by atoms with E-state index in [1.165, 1.54) is 6.20 Å². The predicted octanol–water partition coefficient (Wildman–Crippen LogP) is 2.81. The third-order valence-electron chi connectivity index (χ3n) is 4.41. The fraction of sp³-hybridized carbons (Fsp3) is 0.333. The van der Waals surface area contributed by atoms with Gasteiger partial charge in [0.1, 0.15) is 0 Å². The summed E-state index contributed by atoms with van der Waals surface area (Å²) in [5.74, 6) is 0. The third-order valence-corrected chi connectivity index (χ3v) is 4.88. The van der Waals surface area contributed by atoms with Gasteiger partial charge in [-0.2, -0.15) is 5.26 Å². The summed E-state index contributed by atoms with van der Waals surface area (Å²) in [5, 5.41) is 9.63. The molecule has 0 saturated carbocycles.